The van der Waals surface area contributed by atoms with Crippen LogP contribution in [0.25, 0.3) is 11.1 Å². The molecule has 7 heteroatoms. The number of ether oxygens (including phenoxy) is 1. The number of furan rings is 1. The highest BCUT2D eigenvalue weighted by molar-refractivity contribution is 6.02. The lowest BCUT2D eigenvalue weighted by Gasteiger charge is -2.44. The Morgan fingerprint density at radius 1 is 1.18 bits per heavy atom. The summed E-state index contributed by atoms with van der Waals surface area (Å²) in [7, 11) is 0. The molecule has 0 bridgehead atoms. The summed E-state index contributed by atoms with van der Waals surface area (Å²) in [6.07, 6.45) is 8.04. The van der Waals surface area contributed by atoms with E-state index < -0.39 is 5.54 Å². The largest absolute Gasteiger partial charge is 0.494 e. The maximum Gasteiger partial charge on any atom is 0.271 e. The van der Waals surface area contributed by atoms with Crippen molar-refractivity contribution < 1.29 is 18.7 Å². The maximum atomic E-state index is 13.8. The van der Waals surface area contributed by atoms with Gasteiger partial charge < -0.3 is 23.9 Å². The fraction of sp³-hybridized carbons (Fsp3) is 0.481. The highest BCUT2D eigenvalue weighted by atomic mass is 16.5. The zero-order valence-corrected chi connectivity index (χ0v) is 20.0. The third-order valence-corrected chi connectivity index (χ3v) is 7.22. The summed E-state index contributed by atoms with van der Waals surface area (Å²) in [6.45, 7) is 5.35. The van der Waals surface area contributed by atoms with Gasteiger partial charge in [0.25, 0.3) is 5.91 Å². The van der Waals surface area contributed by atoms with Crippen molar-refractivity contribution in [2.45, 2.75) is 77.0 Å². The first kappa shape index (κ1) is 22.6. The molecule has 3 heterocycles. The third-order valence-electron chi connectivity index (χ3n) is 7.22. The number of aromatic nitrogens is 1. The molecule has 2 amide bonds. The van der Waals surface area contributed by atoms with Crippen molar-refractivity contribution in [2.24, 2.45) is 0 Å². The Hall–Kier alpha value is -3.22. The van der Waals surface area contributed by atoms with Crippen LogP contribution in [0.3, 0.4) is 0 Å². The maximum absolute atomic E-state index is 13.8. The minimum Gasteiger partial charge on any atom is -0.494 e. The molecule has 3 aromatic rings. The molecule has 1 aliphatic carbocycles. The van der Waals surface area contributed by atoms with Crippen LogP contribution in [0.1, 0.15) is 68.4 Å². The molecule has 1 saturated carbocycles. The molecule has 0 saturated heterocycles. The van der Waals surface area contributed by atoms with E-state index in [4.69, 9.17) is 9.15 Å². The number of amides is 2. The molecule has 1 aliphatic heterocycles. The van der Waals surface area contributed by atoms with E-state index in [-0.39, 0.29) is 17.9 Å². The van der Waals surface area contributed by atoms with E-state index in [0.29, 0.717) is 31.0 Å². The molecule has 0 radical (unpaired) electrons. The molecule has 5 rings (SSSR count). The van der Waals surface area contributed by atoms with Gasteiger partial charge in [-0.3, -0.25) is 9.59 Å². The zero-order valence-electron chi connectivity index (χ0n) is 20.0. The Labute approximate surface area is 200 Å². The van der Waals surface area contributed by atoms with E-state index >= 15 is 0 Å². The molecule has 0 spiro atoms. The highest BCUT2D eigenvalue weighted by Crippen LogP contribution is 2.34. The molecule has 1 N–H and O–H groups in total. The average molecular weight is 464 g/mol. The number of hydrogen-bond acceptors (Lipinski definition) is 4. The summed E-state index contributed by atoms with van der Waals surface area (Å²) >= 11 is 0. The first-order chi connectivity index (χ1) is 16.5. The molecular weight excluding hydrogens is 430 g/mol. The number of nitrogens with zero attached hydrogens (tertiary/aromatic N) is 2. The van der Waals surface area contributed by atoms with Gasteiger partial charge in [-0.05, 0) is 43.9 Å². The number of hydrogen-bond donors (Lipinski definition) is 1. The van der Waals surface area contributed by atoms with E-state index in [9.17, 15) is 9.59 Å². The van der Waals surface area contributed by atoms with Gasteiger partial charge in [0, 0.05) is 24.7 Å². The summed E-state index contributed by atoms with van der Waals surface area (Å²) in [5, 5.41) is 3.27. The first-order valence-corrected chi connectivity index (χ1v) is 12.4. The van der Waals surface area contributed by atoms with Crippen molar-refractivity contribution >= 4 is 22.9 Å². The molecule has 1 unspecified atom stereocenters. The number of rotatable bonds is 7. The Morgan fingerprint density at radius 2 is 1.94 bits per heavy atom. The highest BCUT2D eigenvalue weighted by Gasteiger charge is 2.48. The normalized spacial score (nSPS) is 21.0. The summed E-state index contributed by atoms with van der Waals surface area (Å²) in [5.41, 5.74) is 2.00. The van der Waals surface area contributed by atoms with Crippen molar-refractivity contribution in [3.05, 3.63) is 53.9 Å². The van der Waals surface area contributed by atoms with E-state index in [2.05, 4.69) is 12.2 Å². The monoisotopic (exact) mass is 463 g/mol. The Balaban J connectivity index is 1.46. The van der Waals surface area contributed by atoms with Crippen LogP contribution in [0.5, 0.6) is 5.75 Å². The number of carbonyl (C=O) groups is 2. The van der Waals surface area contributed by atoms with Gasteiger partial charge in [-0.1, -0.05) is 38.3 Å². The van der Waals surface area contributed by atoms with Crippen molar-refractivity contribution in [2.75, 3.05) is 6.61 Å². The molecule has 2 aromatic heterocycles. The van der Waals surface area contributed by atoms with Gasteiger partial charge in [-0.25, -0.2) is 0 Å². The summed E-state index contributed by atoms with van der Waals surface area (Å²) in [6, 6.07) is 11.6. The average Bonchev–Trinajstić information content (AvgIpc) is 3.44. The van der Waals surface area contributed by atoms with Crippen LogP contribution in [-0.4, -0.2) is 39.5 Å². The van der Waals surface area contributed by atoms with Crippen LogP contribution in [-0.2, 0) is 17.9 Å². The summed E-state index contributed by atoms with van der Waals surface area (Å²) in [5.74, 6) is 0.555. The lowest BCUT2D eigenvalue weighted by molar-refractivity contribution is -0.134. The van der Waals surface area contributed by atoms with Crippen LogP contribution < -0.4 is 10.1 Å². The van der Waals surface area contributed by atoms with Gasteiger partial charge in [0.1, 0.15) is 17.0 Å². The Morgan fingerprint density at radius 3 is 2.68 bits per heavy atom. The SMILES string of the molecule is CCCOc1ccc(CN2C(=O)c3cc4occc4n3CC2(C)C(=O)NC2CCCCC2)cc1. The van der Waals surface area contributed by atoms with E-state index in [0.717, 1.165) is 48.9 Å². The predicted octanol–water partition coefficient (Wildman–Crippen LogP) is 4.89. The van der Waals surface area contributed by atoms with Crippen molar-refractivity contribution in [1.29, 1.82) is 0 Å². The van der Waals surface area contributed by atoms with Gasteiger partial charge in [0.05, 0.1) is 24.9 Å². The minimum atomic E-state index is -1.03. The van der Waals surface area contributed by atoms with Crippen molar-refractivity contribution in [3.63, 3.8) is 0 Å². The predicted molar refractivity (Wildman–Crippen MR) is 130 cm³/mol. The molecule has 180 valence electrons. The van der Waals surface area contributed by atoms with Gasteiger partial charge in [-0.2, -0.15) is 0 Å². The summed E-state index contributed by atoms with van der Waals surface area (Å²) in [4.78, 5) is 29.2. The second kappa shape index (κ2) is 9.20. The number of carbonyl (C=O) groups excluding carboxylic acids is 2. The van der Waals surface area contributed by atoms with Crippen molar-refractivity contribution in [3.8, 4) is 5.75 Å². The molecule has 34 heavy (non-hydrogen) atoms. The molecule has 1 fully saturated rings. The van der Waals surface area contributed by atoms with E-state index in [1.54, 1.807) is 17.2 Å². The number of nitrogens with one attached hydrogen (secondary N) is 1. The van der Waals surface area contributed by atoms with Gasteiger partial charge in [-0.15, -0.1) is 0 Å². The zero-order chi connectivity index (χ0) is 23.7. The fourth-order valence-electron chi connectivity index (χ4n) is 5.20. The standard InChI is InChI=1S/C27H33N3O4/c1-3-14-33-21-11-9-19(10-12-21)17-30-25(31)23-16-24-22(13-15-34-24)29(23)18-27(30,2)26(32)28-20-7-5-4-6-8-20/h9-13,15-16,20H,3-8,14,17-18H2,1-2H3,(H,28,32). The topological polar surface area (TPSA) is 76.7 Å². The Kier molecular flexibility index (Phi) is 6.11. The van der Waals surface area contributed by atoms with E-state index in [1.165, 1.54) is 6.42 Å². The first-order valence-electron chi connectivity index (χ1n) is 12.4. The van der Waals surface area contributed by atoms with Gasteiger partial charge in [0.15, 0.2) is 5.58 Å². The lowest BCUT2D eigenvalue weighted by Crippen LogP contribution is -2.64. The number of benzene rings is 1. The molecule has 1 aromatic carbocycles. The molecule has 2 aliphatic rings. The molecule has 7 nitrogen and oxygen atoms in total. The quantitative estimate of drug-likeness (QED) is 0.541. The minimum absolute atomic E-state index is 0.0911. The lowest BCUT2D eigenvalue weighted by atomic mass is 9.91. The molecular formula is C27H33N3O4. The second-order valence-electron chi connectivity index (χ2n) is 9.75. The molecule has 1 atom stereocenters. The van der Waals surface area contributed by atoms with Gasteiger partial charge in [0.2, 0.25) is 5.91 Å². The van der Waals surface area contributed by atoms with E-state index in [1.807, 2.05) is 41.8 Å². The van der Waals surface area contributed by atoms with Crippen molar-refractivity contribution in [1.82, 2.24) is 14.8 Å². The summed E-state index contributed by atoms with van der Waals surface area (Å²) < 4.78 is 13.2. The van der Waals surface area contributed by atoms with Gasteiger partial charge >= 0.3 is 0 Å². The van der Waals surface area contributed by atoms with Crippen LogP contribution in [0.4, 0.5) is 0 Å². The Bertz CT molecular complexity index is 1170. The van der Waals surface area contributed by atoms with Crippen LogP contribution >= 0.6 is 0 Å². The number of fused-ring (bicyclic) bond motifs is 3. The van der Waals surface area contributed by atoms with Crippen LogP contribution in [0.2, 0.25) is 0 Å². The van der Waals surface area contributed by atoms with Crippen LogP contribution in [0, 0.1) is 0 Å². The smallest absolute Gasteiger partial charge is 0.271 e. The third kappa shape index (κ3) is 4.08. The fourth-order valence-corrected chi connectivity index (χ4v) is 5.20. The van der Waals surface area contributed by atoms with Crippen LogP contribution in [0.15, 0.2) is 47.1 Å². The second-order valence-corrected chi connectivity index (χ2v) is 9.75.